The Labute approximate surface area is 161 Å². The molecule has 1 saturated carbocycles. The Kier molecular flexibility index (Phi) is 5.53. The first-order valence-corrected chi connectivity index (χ1v) is 10.2. The lowest BCUT2D eigenvalue weighted by atomic mass is 10.1. The van der Waals surface area contributed by atoms with Gasteiger partial charge in [-0.15, -0.1) is 0 Å². The van der Waals surface area contributed by atoms with Gasteiger partial charge >= 0.3 is 0 Å². The Morgan fingerprint density at radius 1 is 1.22 bits per heavy atom. The second kappa shape index (κ2) is 8.21. The van der Waals surface area contributed by atoms with Gasteiger partial charge < -0.3 is 9.88 Å². The van der Waals surface area contributed by atoms with Crippen molar-refractivity contribution in [2.75, 3.05) is 13.1 Å². The van der Waals surface area contributed by atoms with Crippen LogP contribution in [0.4, 0.5) is 0 Å². The van der Waals surface area contributed by atoms with Gasteiger partial charge in [-0.3, -0.25) is 14.7 Å². The lowest BCUT2D eigenvalue weighted by Crippen LogP contribution is -2.39. The lowest BCUT2D eigenvalue weighted by molar-refractivity contribution is -0.120. The number of hydrogen-bond acceptors (Lipinski definition) is 4. The molecule has 3 heterocycles. The summed E-state index contributed by atoms with van der Waals surface area (Å²) >= 11 is 0. The Morgan fingerprint density at radius 3 is 2.85 bits per heavy atom. The third-order valence-electron chi connectivity index (χ3n) is 5.91. The number of hydrogen-bond donors (Lipinski definition) is 1. The molecule has 2 aromatic heterocycles. The van der Waals surface area contributed by atoms with Crippen molar-refractivity contribution < 1.29 is 4.79 Å². The molecule has 0 bridgehead atoms. The van der Waals surface area contributed by atoms with Crippen molar-refractivity contribution >= 4 is 5.91 Å². The first kappa shape index (κ1) is 18.2. The number of carbonyl (C=O) groups is 1. The van der Waals surface area contributed by atoms with Gasteiger partial charge in [-0.05, 0) is 37.8 Å². The smallest absolute Gasteiger partial charge is 0.226 e. The van der Waals surface area contributed by atoms with E-state index in [-0.39, 0.29) is 5.91 Å². The summed E-state index contributed by atoms with van der Waals surface area (Å²) in [5.74, 6) is 1.95. The number of nitrogens with zero attached hydrogens (tertiary/aromatic N) is 4. The third kappa shape index (κ3) is 4.38. The summed E-state index contributed by atoms with van der Waals surface area (Å²) in [7, 11) is 0. The van der Waals surface area contributed by atoms with Gasteiger partial charge in [-0.1, -0.05) is 18.9 Å². The zero-order chi connectivity index (χ0) is 18.6. The fourth-order valence-electron chi connectivity index (χ4n) is 4.37. The van der Waals surface area contributed by atoms with Crippen LogP contribution in [0, 0.1) is 5.92 Å². The van der Waals surface area contributed by atoms with Crippen molar-refractivity contribution in [1.82, 2.24) is 24.8 Å². The van der Waals surface area contributed by atoms with Gasteiger partial charge in [-0.25, -0.2) is 4.98 Å². The molecular formula is C21H29N5O. The summed E-state index contributed by atoms with van der Waals surface area (Å²) in [4.78, 5) is 23.9. The molecule has 6 heteroatoms. The number of aromatic nitrogens is 3. The minimum absolute atomic E-state index is 0.00781. The molecule has 1 aliphatic carbocycles. The number of imidazole rings is 1. The largest absolute Gasteiger partial charge is 0.350 e. The number of pyridine rings is 1. The summed E-state index contributed by atoms with van der Waals surface area (Å²) in [5, 5.41) is 2.93. The molecule has 1 fully saturated rings. The normalized spacial score (nSPS) is 20.6. The van der Waals surface area contributed by atoms with Crippen molar-refractivity contribution in [3.05, 3.63) is 47.8 Å². The average molecular weight is 367 g/mol. The molecule has 27 heavy (non-hydrogen) atoms. The van der Waals surface area contributed by atoms with Crippen LogP contribution in [0.1, 0.15) is 55.9 Å². The Balaban J connectivity index is 1.34. The van der Waals surface area contributed by atoms with Crippen LogP contribution in [0.15, 0.2) is 30.6 Å². The highest BCUT2D eigenvalue weighted by molar-refractivity contribution is 5.78. The molecule has 0 spiro atoms. The van der Waals surface area contributed by atoms with Crippen molar-refractivity contribution in [2.45, 2.75) is 58.2 Å². The van der Waals surface area contributed by atoms with Crippen LogP contribution in [0.3, 0.4) is 0 Å². The van der Waals surface area contributed by atoms with Crippen LogP contribution in [0.2, 0.25) is 0 Å². The van der Waals surface area contributed by atoms with E-state index in [0.29, 0.717) is 19.0 Å². The SMILES string of the molecule is CC1c2nc(CC(=O)NCc3ccccn3)cn2CCN1CC1CCCC1. The molecule has 1 N–H and O–H groups in total. The zero-order valence-electron chi connectivity index (χ0n) is 16.1. The van der Waals surface area contributed by atoms with E-state index in [1.165, 1.54) is 32.2 Å². The zero-order valence-corrected chi connectivity index (χ0v) is 16.1. The van der Waals surface area contributed by atoms with Crippen molar-refractivity contribution in [3.63, 3.8) is 0 Å². The predicted molar refractivity (Wildman–Crippen MR) is 104 cm³/mol. The number of rotatable bonds is 6. The quantitative estimate of drug-likeness (QED) is 0.853. The summed E-state index contributed by atoms with van der Waals surface area (Å²) in [6.45, 7) is 5.94. The average Bonchev–Trinajstić information content (AvgIpc) is 3.33. The van der Waals surface area contributed by atoms with Crippen LogP contribution in [-0.4, -0.2) is 38.4 Å². The highest BCUT2D eigenvalue weighted by atomic mass is 16.1. The molecule has 144 valence electrons. The second-order valence-corrected chi connectivity index (χ2v) is 7.88. The number of nitrogens with one attached hydrogen (secondary N) is 1. The third-order valence-corrected chi connectivity index (χ3v) is 5.91. The van der Waals surface area contributed by atoms with E-state index in [4.69, 9.17) is 4.98 Å². The topological polar surface area (TPSA) is 63.1 Å². The molecular weight excluding hydrogens is 338 g/mol. The summed E-state index contributed by atoms with van der Waals surface area (Å²) < 4.78 is 2.23. The molecule has 6 nitrogen and oxygen atoms in total. The first-order chi connectivity index (χ1) is 13.2. The first-order valence-electron chi connectivity index (χ1n) is 10.2. The van der Waals surface area contributed by atoms with Crippen molar-refractivity contribution in [3.8, 4) is 0 Å². The fraction of sp³-hybridized carbons (Fsp3) is 0.571. The van der Waals surface area contributed by atoms with Gasteiger partial charge in [0, 0.05) is 32.0 Å². The van der Waals surface area contributed by atoms with E-state index < -0.39 is 0 Å². The van der Waals surface area contributed by atoms with E-state index in [1.807, 2.05) is 18.2 Å². The molecule has 2 aliphatic rings. The van der Waals surface area contributed by atoms with Gasteiger partial charge in [-0.2, -0.15) is 0 Å². The monoisotopic (exact) mass is 367 g/mol. The minimum atomic E-state index is -0.00781. The molecule has 0 saturated heterocycles. The minimum Gasteiger partial charge on any atom is -0.350 e. The Bertz CT molecular complexity index is 766. The molecule has 0 radical (unpaired) electrons. The Hall–Kier alpha value is -2.21. The highest BCUT2D eigenvalue weighted by Gasteiger charge is 2.29. The molecule has 4 rings (SSSR count). The van der Waals surface area contributed by atoms with Crippen LogP contribution < -0.4 is 5.32 Å². The molecule has 1 unspecified atom stereocenters. The maximum absolute atomic E-state index is 12.3. The summed E-state index contributed by atoms with van der Waals surface area (Å²) in [5.41, 5.74) is 1.73. The van der Waals surface area contributed by atoms with Gasteiger partial charge in [0.05, 0.1) is 30.4 Å². The highest BCUT2D eigenvalue weighted by Crippen LogP contribution is 2.30. The fourth-order valence-corrected chi connectivity index (χ4v) is 4.37. The van der Waals surface area contributed by atoms with Crippen LogP contribution in [0.25, 0.3) is 0 Å². The van der Waals surface area contributed by atoms with E-state index in [0.717, 1.165) is 36.2 Å². The number of amides is 1. The molecule has 0 aromatic carbocycles. The van der Waals surface area contributed by atoms with Gasteiger partial charge in [0.1, 0.15) is 5.82 Å². The number of carbonyl (C=O) groups excluding carboxylic acids is 1. The van der Waals surface area contributed by atoms with E-state index in [2.05, 4.69) is 32.9 Å². The molecule has 1 aliphatic heterocycles. The van der Waals surface area contributed by atoms with Crippen molar-refractivity contribution in [2.24, 2.45) is 5.92 Å². The van der Waals surface area contributed by atoms with Crippen LogP contribution in [-0.2, 0) is 24.3 Å². The van der Waals surface area contributed by atoms with Crippen LogP contribution >= 0.6 is 0 Å². The van der Waals surface area contributed by atoms with Gasteiger partial charge in [0.2, 0.25) is 5.91 Å². The summed E-state index contributed by atoms with van der Waals surface area (Å²) in [6.07, 6.45) is 9.64. The Morgan fingerprint density at radius 2 is 2.07 bits per heavy atom. The van der Waals surface area contributed by atoms with Crippen LogP contribution in [0.5, 0.6) is 0 Å². The van der Waals surface area contributed by atoms with E-state index >= 15 is 0 Å². The van der Waals surface area contributed by atoms with Gasteiger partial charge in [0.25, 0.3) is 0 Å². The molecule has 2 aromatic rings. The number of fused-ring (bicyclic) bond motifs is 1. The van der Waals surface area contributed by atoms with Crippen molar-refractivity contribution in [1.29, 1.82) is 0 Å². The maximum Gasteiger partial charge on any atom is 0.226 e. The molecule has 1 atom stereocenters. The van der Waals surface area contributed by atoms with E-state index in [9.17, 15) is 4.79 Å². The standard InChI is InChI=1S/C21H29N5O/c1-16-21-24-19(12-20(27)23-13-18-8-4-5-9-22-18)15-26(21)11-10-25(16)14-17-6-2-3-7-17/h4-5,8-9,15-17H,2-3,6-7,10-14H2,1H3,(H,23,27). The predicted octanol–water partition coefficient (Wildman–Crippen LogP) is 2.70. The maximum atomic E-state index is 12.3. The second-order valence-electron chi connectivity index (χ2n) is 7.88. The molecule has 1 amide bonds. The van der Waals surface area contributed by atoms with E-state index in [1.54, 1.807) is 6.20 Å². The lowest BCUT2D eigenvalue weighted by Gasteiger charge is -2.35. The summed E-state index contributed by atoms with van der Waals surface area (Å²) in [6, 6.07) is 6.04. The van der Waals surface area contributed by atoms with Gasteiger partial charge in [0.15, 0.2) is 0 Å².